The van der Waals surface area contributed by atoms with Gasteiger partial charge in [-0.1, -0.05) is 0 Å². The monoisotopic (exact) mass is 443 g/mol. The standard InChI is InChI=1S/C23H25NO6S/c1-12-13(7-8-21(25)24-17(11-31-2)22(26)27)23(28)30-19-10-20-16(9-15(12)19)14-5-3-4-6-18(14)29-20/h9-10,17H,3-8,11H2,1-2H3,(H,24,25)(H,26,27)/t17-/m1/s1. The van der Waals surface area contributed by atoms with Crippen LogP contribution in [0.1, 0.15) is 41.7 Å². The zero-order chi connectivity index (χ0) is 22.1. The summed E-state index contributed by atoms with van der Waals surface area (Å²) < 4.78 is 11.6. The molecular formula is C23H25NO6S. The second-order valence-corrected chi connectivity index (χ2v) is 8.87. The largest absolute Gasteiger partial charge is 0.480 e. The van der Waals surface area contributed by atoms with Crippen molar-refractivity contribution in [3.05, 3.63) is 45.0 Å². The van der Waals surface area contributed by atoms with Crippen LogP contribution < -0.4 is 10.9 Å². The van der Waals surface area contributed by atoms with Gasteiger partial charge >= 0.3 is 11.6 Å². The van der Waals surface area contributed by atoms with Crippen molar-refractivity contribution in [1.82, 2.24) is 5.32 Å². The number of carboxylic acid groups (broad SMARTS) is 1. The van der Waals surface area contributed by atoms with E-state index in [0.29, 0.717) is 11.1 Å². The molecule has 0 fully saturated rings. The number of benzene rings is 1. The first kappa shape index (κ1) is 21.5. The Morgan fingerprint density at radius 2 is 1.90 bits per heavy atom. The van der Waals surface area contributed by atoms with Crippen molar-refractivity contribution in [3.8, 4) is 0 Å². The lowest BCUT2D eigenvalue weighted by molar-refractivity contribution is -0.141. The van der Waals surface area contributed by atoms with Crippen molar-refractivity contribution in [3.63, 3.8) is 0 Å². The summed E-state index contributed by atoms with van der Waals surface area (Å²) in [5.74, 6) is -0.175. The van der Waals surface area contributed by atoms with Crippen LogP contribution in [0.3, 0.4) is 0 Å². The molecule has 1 amide bonds. The first-order valence-corrected chi connectivity index (χ1v) is 11.8. The summed E-state index contributed by atoms with van der Waals surface area (Å²) in [5.41, 5.74) is 3.19. The molecule has 3 aromatic rings. The highest BCUT2D eigenvalue weighted by atomic mass is 32.2. The Morgan fingerprint density at radius 1 is 1.16 bits per heavy atom. The van der Waals surface area contributed by atoms with E-state index in [9.17, 15) is 19.5 Å². The third-order valence-electron chi connectivity index (χ3n) is 5.93. The number of carbonyl (C=O) groups excluding carboxylic acids is 1. The van der Waals surface area contributed by atoms with Crippen LogP contribution in [0.4, 0.5) is 0 Å². The lowest BCUT2D eigenvalue weighted by Gasteiger charge is -2.13. The molecule has 31 heavy (non-hydrogen) atoms. The molecule has 0 unspecified atom stereocenters. The van der Waals surface area contributed by atoms with Gasteiger partial charge in [-0.25, -0.2) is 9.59 Å². The van der Waals surface area contributed by atoms with Gasteiger partial charge in [0.1, 0.15) is 23.0 Å². The van der Waals surface area contributed by atoms with E-state index in [1.807, 2.05) is 13.0 Å². The Morgan fingerprint density at radius 3 is 2.65 bits per heavy atom. The third kappa shape index (κ3) is 4.21. The predicted molar refractivity (Wildman–Crippen MR) is 120 cm³/mol. The topological polar surface area (TPSA) is 110 Å². The van der Waals surface area contributed by atoms with E-state index in [4.69, 9.17) is 8.83 Å². The Kier molecular flexibility index (Phi) is 6.09. The molecule has 2 heterocycles. The third-order valence-corrected chi connectivity index (χ3v) is 6.60. The van der Waals surface area contributed by atoms with Crippen molar-refractivity contribution < 1.29 is 23.5 Å². The number of aliphatic carboxylic acids is 1. The number of nitrogens with one attached hydrogen (secondary N) is 1. The van der Waals surface area contributed by atoms with Gasteiger partial charge < -0.3 is 19.3 Å². The Hall–Kier alpha value is -2.74. The highest BCUT2D eigenvalue weighted by Gasteiger charge is 2.22. The molecule has 0 spiro atoms. The number of thioether (sulfide) groups is 1. The number of hydrogen-bond donors (Lipinski definition) is 2. The van der Waals surface area contributed by atoms with Gasteiger partial charge in [-0.15, -0.1) is 0 Å². The highest BCUT2D eigenvalue weighted by molar-refractivity contribution is 7.98. The first-order valence-electron chi connectivity index (χ1n) is 10.4. The minimum atomic E-state index is -1.07. The molecule has 1 aromatic carbocycles. The number of amides is 1. The van der Waals surface area contributed by atoms with Crippen LogP contribution >= 0.6 is 11.8 Å². The summed E-state index contributed by atoms with van der Waals surface area (Å²) in [6.07, 6.45) is 6.14. The second kappa shape index (κ2) is 8.78. The van der Waals surface area contributed by atoms with Gasteiger partial charge in [-0.3, -0.25) is 4.79 Å². The van der Waals surface area contributed by atoms with E-state index in [-0.39, 0.29) is 18.6 Å². The summed E-state index contributed by atoms with van der Waals surface area (Å²) in [6, 6.07) is 2.87. The molecule has 1 aliphatic rings. The van der Waals surface area contributed by atoms with Crippen molar-refractivity contribution in [2.45, 2.75) is 51.5 Å². The van der Waals surface area contributed by atoms with Crippen LogP contribution in [0.2, 0.25) is 0 Å². The minimum Gasteiger partial charge on any atom is -0.480 e. The molecule has 0 bridgehead atoms. The molecule has 0 aliphatic heterocycles. The maximum Gasteiger partial charge on any atom is 0.339 e. The van der Waals surface area contributed by atoms with E-state index < -0.39 is 23.5 Å². The van der Waals surface area contributed by atoms with Crippen LogP contribution in [0.5, 0.6) is 0 Å². The summed E-state index contributed by atoms with van der Waals surface area (Å²) in [5, 5.41) is 13.6. The van der Waals surface area contributed by atoms with Crippen LogP contribution in [0.15, 0.2) is 25.8 Å². The Labute approximate surface area is 183 Å². The fourth-order valence-corrected chi connectivity index (χ4v) is 4.84. The summed E-state index contributed by atoms with van der Waals surface area (Å²) in [6.45, 7) is 1.86. The fraction of sp³-hybridized carbons (Fsp3) is 0.435. The number of furan rings is 1. The number of fused-ring (bicyclic) bond motifs is 4. The average Bonchev–Trinajstić information content (AvgIpc) is 3.09. The Balaban J connectivity index is 1.62. The minimum absolute atomic E-state index is 0.0125. The first-order chi connectivity index (χ1) is 14.9. The maximum atomic E-state index is 12.6. The van der Waals surface area contributed by atoms with Crippen LogP contribution in [0, 0.1) is 6.92 Å². The molecule has 8 heteroatoms. The zero-order valence-corrected chi connectivity index (χ0v) is 18.4. The summed E-state index contributed by atoms with van der Waals surface area (Å²) in [7, 11) is 0. The molecule has 1 atom stereocenters. The van der Waals surface area contributed by atoms with E-state index >= 15 is 0 Å². The molecule has 2 aromatic heterocycles. The molecule has 1 aliphatic carbocycles. The number of aryl methyl sites for hydroxylation is 3. The normalized spacial score (nSPS) is 14.5. The predicted octanol–water partition coefficient (Wildman–Crippen LogP) is 3.59. The molecular weight excluding hydrogens is 418 g/mol. The lowest BCUT2D eigenvalue weighted by atomic mass is 9.94. The molecule has 2 N–H and O–H groups in total. The SMILES string of the molecule is CSC[C@@H](NC(=O)CCc1c(C)c2cc3c4c(oc3cc2oc1=O)CCCC4)C(=O)O. The van der Waals surface area contributed by atoms with E-state index in [0.717, 1.165) is 53.4 Å². The van der Waals surface area contributed by atoms with Crippen LogP contribution in [0.25, 0.3) is 21.9 Å². The maximum absolute atomic E-state index is 12.6. The van der Waals surface area contributed by atoms with Crippen molar-refractivity contribution in [2.24, 2.45) is 0 Å². The van der Waals surface area contributed by atoms with Gasteiger partial charge in [-0.2, -0.15) is 11.8 Å². The van der Waals surface area contributed by atoms with Crippen LogP contribution in [-0.2, 0) is 28.9 Å². The van der Waals surface area contributed by atoms with Crippen molar-refractivity contribution >= 4 is 45.6 Å². The molecule has 4 rings (SSSR count). The fourth-order valence-electron chi connectivity index (χ4n) is 4.28. The molecule has 7 nitrogen and oxygen atoms in total. The van der Waals surface area contributed by atoms with Gasteiger partial charge in [-0.05, 0) is 50.5 Å². The second-order valence-electron chi connectivity index (χ2n) is 7.96. The Bertz CT molecular complexity index is 1220. The summed E-state index contributed by atoms with van der Waals surface area (Å²) >= 11 is 1.34. The van der Waals surface area contributed by atoms with Gasteiger partial charge in [0, 0.05) is 46.6 Å². The molecule has 0 saturated heterocycles. The zero-order valence-electron chi connectivity index (χ0n) is 17.6. The summed E-state index contributed by atoms with van der Waals surface area (Å²) in [4.78, 5) is 36.1. The number of carboxylic acids is 1. The van der Waals surface area contributed by atoms with Crippen molar-refractivity contribution in [1.29, 1.82) is 0 Å². The number of hydrogen-bond acceptors (Lipinski definition) is 6. The smallest absolute Gasteiger partial charge is 0.339 e. The quantitative estimate of drug-likeness (QED) is 0.537. The molecule has 164 valence electrons. The van der Waals surface area contributed by atoms with Crippen LogP contribution in [-0.4, -0.2) is 35.0 Å². The van der Waals surface area contributed by atoms with Gasteiger partial charge in [0.2, 0.25) is 5.91 Å². The van der Waals surface area contributed by atoms with Gasteiger partial charge in [0.05, 0.1) is 0 Å². The molecule has 0 radical (unpaired) electrons. The van der Waals surface area contributed by atoms with Gasteiger partial charge in [0.25, 0.3) is 0 Å². The van der Waals surface area contributed by atoms with E-state index in [1.165, 1.54) is 17.3 Å². The van der Waals surface area contributed by atoms with Crippen molar-refractivity contribution in [2.75, 3.05) is 12.0 Å². The lowest BCUT2D eigenvalue weighted by Crippen LogP contribution is -2.42. The number of carbonyl (C=O) groups is 2. The average molecular weight is 444 g/mol. The van der Waals surface area contributed by atoms with E-state index in [2.05, 4.69) is 5.32 Å². The number of rotatable bonds is 7. The van der Waals surface area contributed by atoms with E-state index in [1.54, 1.807) is 12.3 Å². The van der Waals surface area contributed by atoms with Gasteiger partial charge in [0.15, 0.2) is 0 Å². The molecule has 0 saturated carbocycles. The highest BCUT2D eigenvalue weighted by Crippen LogP contribution is 2.35.